The molecule has 0 aliphatic heterocycles. The van der Waals surface area contributed by atoms with Crippen molar-refractivity contribution in [1.29, 1.82) is 0 Å². The normalized spacial score (nSPS) is 11.1. The summed E-state index contributed by atoms with van der Waals surface area (Å²) < 4.78 is 7.11. The molecule has 0 atom stereocenters. The van der Waals surface area contributed by atoms with E-state index in [0.717, 1.165) is 100 Å². The largest absolute Gasteiger partial charge is 0.489 e. The summed E-state index contributed by atoms with van der Waals surface area (Å²) in [5.74, 6) is 4.78. The maximum Gasteiger partial charge on any atom is 0.489 e. The van der Waals surface area contributed by atoms with Gasteiger partial charge in [-0.3, -0.25) is 0 Å². The van der Waals surface area contributed by atoms with Gasteiger partial charge in [-0.1, -0.05) is 424 Å². The number of nitrogens with zero attached hydrogens (tertiary/aromatic N) is 12. The van der Waals surface area contributed by atoms with Crippen LogP contribution in [-0.2, 0) is 0 Å². The second-order valence-electron chi connectivity index (χ2n) is 35.4. The third-order valence-electron chi connectivity index (χ3n) is 26.2. The molecule has 148 heavy (non-hydrogen) atoms. The highest BCUT2D eigenvalue weighted by Gasteiger charge is 2.24. The summed E-state index contributed by atoms with van der Waals surface area (Å²) in [5, 5.41) is 29.9. The summed E-state index contributed by atoms with van der Waals surface area (Å²) in [6.07, 6.45) is 0. The van der Waals surface area contributed by atoms with Crippen LogP contribution in [0, 0.1) is 0 Å². The number of aromatic nitrogens is 13. The van der Waals surface area contributed by atoms with Gasteiger partial charge in [0.2, 0.25) is 5.28 Å². The smallest absolute Gasteiger partial charge is 0.423 e. The SMILES string of the molecule is Clc1cccc(-c2nc(-c3ccccc3)nc(-c3ccccc3-c3ccccc3)n2)c1.Clc1cccc(-c2nc(Cl)nc(-c3ccccc3)n2)c1.OB(O)c1ccccc1-c1ccccc1.c1ccc(-c2nc(-c3cccc(-n4c5ccccc5c5cc(-n6c7ccccc7c7ccccc76)ccc54)c3)nc(-c3ccccc3-c3ccccc3)n2)cc1.c1ccc2c(c1)[nH]c1ccc(-n3c4ccccc4c4ccccc43)cc12. The van der Waals surface area contributed by atoms with Gasteiger partial charge in [0.15, 0.2) is 46.6 Å². The van der Waals surface area contributed by atoms with Gasteiger partial charge in [0.25, 0.3) is 0 Å². The second kappa shape index (κ2) is 42.2. The van der Waals surface area contributed by atoms with Crippen molar-refractivity contribution in [1.82, 2.24) is 63.5 Å². The van der Waals surface area contributed by atoms with E-state index in [9.17, 15) is 10.0 Å². The molecule has 7 aromatic heterocycles. The summed E-state index contributed by atoms with van der Waals surface area (Å²) in [6.45, 7) is 0. The summed E-state index contributed by atoms with van der Waals surface area (Å²) >= 11 is 18.2. The molecule has 27 aromatic rings. The van der Waals surface area contributed by atoms with Gasteiger partial charge in [0.1, 0.15) is 0 Å². The van der Waals surface area contributed by atoms with E-state index in [0.29, 0.717) is 62.1 Å². The zero-order valence-corrected chi connectivity index (χ0v) is 81.7. The first-order valence-electron chi connectivity index (χ1n) is 48.5. The number of halogens is 3. The number of H-pyrrole nitrogens is 1. The van der Waals surface area contributed by atoms with Crippen molar-refractivity contribution in [3.63, 3.8) is 0 Å². The lowest BCUT2D eigenvalue weighted by Crippen LogP contribution is -2.31. The molecule has 7 heterocycles. The van der Waals surface area contributed by atoms with E-state index in [1.54, 1.807) is 24.3 Å². The Labute approximate surface area is 868 Å². The van der Waals surface area contributed by atoms with Gasteiger partial charge in [-0.25, -0.2) is 34.9 Å². The molecule has 0 aliphatic carbocycles. The summed E-state index contributed by atoms with van der Waals surface area (Å²) in [5.41, 5.74) is 26.9. The number of para-hydroxylation sites is 6. The van der Waals surface area contributed by atoms with E-state index in [1.165, 1.54) is 81.9 Å². The Morgan fingerprint density at radius 2 is 0.453 bits per heavy atom. The van der Waals surface area contributed by atoms with Crippen LogP contribution in [-0.4, -0.2) is 80.7 Å². The summed E-state index contributed by atoms with van der Waals surface area (Å²) in [6, 6.07) is 173. The minimum atomic E-state index is -1.43. The Kier molecular flexibility index (Phi) is 26.6. The number of hydrogen-bond donors (Lipinski definition) is 3. The van der Waals surface area contributed by atoms with Crippen LogP contribution in [0.15, 0.2) is 510 Å². The molecule has 20 aromatic carbocycles. The minimum absolute atomic E-state index is 0.161. The third-order valence-corrected chi connectivity index (χ3v) is 26.8. The molecule has 0 amide bonds. The van der Waals surface area contributed by atoms with Crippen LogP contribution in [0.25, 0.3) is 229 Å². The van der Waals surface area contributed by atoms with E-state index in [2.05, 4.69) is 301 Å². The first-order chi connectivity index (χ1) is 73.0. The van der Waals surface area contributed by atoms with Gasteiger partial charge in [-0.15, -0.1) is 0 Å². The van der Waals surface area contributed by atoms with Crippen molar-refractivity contribution in [2.45, 2.75) is 0 Å². The molecular weight excluding hydrogens is 1880 g/mol. The lowest BCUT2D eigenvalue weighted by atomic mass is 9.75. The molecule has 19 heteroatoms. The standard InChI is InChI=1S/C51H33N5.C27H18ClN3.C24H16N2.C15H9Cl2N3.C12H11BO2/c1-3-16-34(17-4-1)39-22-7-8-26-43(39)51-53-49(35-18-5-2-6-19-35)52-50(54-51)36-20-15-21-37(32-36)55-47-29-14-11-25-42(47)44-33-38(30-31-48(44)55)56-45-27-12-9-23-40(45)41-24-10-13-28-46(41)56;28-22-15-9-14-21(18-22)26-29-25(20-12-5-2-6-13-20)30-27(31-26)24-17-8-7-16-23(24)19-10-3-1-4-11-19;1-4-10-21-17(7-1)20-15-16(13-14-22(20)25-21)26-23-11-5-2-8-18(23)19-9-3-6-12-24(19)26;16-12-8-4-7-11(9-12)14-18-13(19-15(17)20-14)10-5-2-1-3-6-10;14-13(15)12-9-5-4-8-11(12)10-6-2-1-3-7-10/h1-33H;1-18H;1-15,25H;1-9H;1-9,14-15H. The fraction of sp³-hybridized carbons (Fsp3) is 0. The van der Waals surface area contributed by atoms with Crippen molar-refractivity contribution >= 4 is 135 Å². The zero-order chi connectivity index (χ0) is 99.8. The predicted octanol–water partition coefficient (Wildman–Crippen LogP) is 31.9. The van der Waals surface area contributed by atoms with E-state index in [4.69, 9.17) is 64.7 Å². The van der Waals surface area contributed by atoms with Crippen LogP contribution in [0.1, 0.15) is 0 Å². The zero-order valence-electron chi connectivity index (χ0n) is 79.5. The van der Waals surface area contributed by atoms with Crippen molar-refractivity contribution in [3.05, 3.63) is 525 Å². The third kappa shape index (κ3) is 19.4. The highest BCUT2D eigenvalue weighted by atomic mass is 35.5. The van der Waals surface area contributed by atoms with Crippen LogP contribution < -0.4 is 5.46 Å². The van der Waals surface area contributed by atoms with Crippen molar-refractivity contribution < 1.29 is 10.0 Å². The maximum atomic E-state index is 9.22. The van der Waals surface area contributed by atoms with Gasteiger partial charge < -0.3 is 28.7 Å². The van der Waals surface area contributed by atoms with E-state index in [-0.39, 0.29) is 5.28 Å². The number of rotatable bonds is 15. The number of benzene rings is 20. The first-order valence-corrected chi connectivity index (χ1v) is 49.6. The van der Waals surface area contributed by atoms with Crippen molar-refractivity contribution in [2.75, 3.05) is 0 Å². The molecule has 704 valence electrons. The fourth-order valence-electron chi connectivity index (χ4n) is 19.4. The monoisotopic (exact) mass is 1970 g/mol. The maximum absolute atomic E-state index is 9.22. The molecule has 0 fully saturated rings. The molecule has 0 saturated heterocycles. The van der Waals surface area contributed by atoms with Crippen molar-refractivity contribution in [3.8, 4) is 142 Å². The van der Waals surface area contributed by atoms with Crippen LogP contribution >= 0.6 is 34.8 Å². The minimum Gasteiger partial charge on any atom is -0.423 e. The topological polar surface area (TPSA) is 187 Å². The predicted molar refractivity (Wildman–Crippen MR) is 609 cm³/mol. The van der Waals surface area contributed by atoms with Gasteiger partial charge in [0, 0.05) is 126 Å². The first kappa shape index (κ1) is 93.2. The quantitative estimate of drug-likeness (QED) is 0.0829. The van der Waals surface area contributed by atoms with E-state index in [1.807, 2.05) is 218 Å². The Morgan fingerprint density at radius 1 is 0.182 bits per heavy atom. The molecular formula is C129H87BCl3N13O2. The average molecular weight is 1970 g/mol. The van der Waals surface area contributed by atoms with Gasteiger partial charge in [-0.2, -0.15) is 9.97 Å². The fourth-order valence-corrected chi connectivity index (χ4v) is 19.9. The lowest BCUT2D eigenvalue weighted by Gasteiger charge is -2.13. The molecule has 0 saturated carbocycles. The van der Waals surface area contributed by atoms with Crippen LogP contribution in [0.2, 0.25) is 15.3 Å². The summed E-state index contributed by atoms with van der Waals surface area (Å²) in [7, 11) is -1.43. The Bertz CT molecular complexity index is 9420. The molecule has 0 bridgehead atoms. The number of nitrogens with one attached hydrogen (secondary N) is 1. The van der Waals surface area contributed by atoms with Crippen LogP contribution in [0.3, 0.4) is 0 Å². The molecule has 3 N–H and O–H groups in total. The Morgan fingerprint density at radius 3 is 0.865 bits per heavy atom. The van der Waals surface area contributed by atoms with E-state index >= 15 is 0 Å². The number of hydrogen-bond acceptors (Lipinski definition) is 11. The Balaban J connectivity index is 0.000000111. The molecule has 15 nitrogen and oxygen atoms in total. The number of fused-ring (bicyclic) bond motifs is 12. The highest BCUT2D eigenvalue weighted by molar-refractivity contribution is 6.60. The Hall–Kier alpha value is -18.5. The lowest BCUT2D eigenvalue weighted by molar-refractivity contribution is 0.426. The molecule has 0 unspecified atom stereocenters. The number of aromatic amines is 1. The summed E-state index contributed by atoms with van der Waals surface area (Å²) in [4.78, 5) is 46.1. The van der Waals surface area contributed by atoms with E-state index < -0.39 is 7.12 Å². The van der Waals surface area contributed by atoms with Gasteiger partial charge >= 0.3 is 7.12 Å². The highest BCUT2D eigenvalue weighted by Crippen LogP contribution is 2.42. The average Bonchev–Trinajstić information content (AvgIpc) is 1.57. The molecule has 0 spiro atoms. The molecule has 27 rings (SSSR count). The van der Waals surface area contributed by atoms with Gasteiger partial charge in [0.05, 0.1) is 33.1 Å². The van der Waals surface area contributed by atoms with Crippen LogP contribution in [0.4, 0.5) is 0 Å². The second-order valence-corrected chi connectivity index (χ2v) is 36.6. The van der Waals surface area contributed by atoms with Crippen LogP contribution in [0.5, 0.6) is 0 Å². The van der Waals surface area contributed by atoms with Crippen molar-refractivity contribution in [2.24, 2.45) is 0 Å². The van der Waals surface area contributed by atoms with Gasteiger partial charge in [-0.05, 0) is 160 Å². The molecule has 0 radical (unpaired) electrons. The molecule has 0 aliphatic rings.